The molecule has 1 aromatic rings. The molecule has 10 heteroatoms. The zero-order valence-corrected chi connectivity index (χ0v) is 11.7. The van der Waals surface area contributed by atoms with Gasteiger partial charge in [-0.05, 0) is 6.07 Å². The van der Waals surface area contributed by atoms with Crippen LogP contribution < -0.4 is 10.1 Å². The molecular formula is C13H12F3N3O4. The summed E-state index contributed by atoms with van der Waals surface area (Å²) in [5, 5.41) is 10.6. The Balaban J connectivity index is 2.42. The van der Waals surface area contributed by atoms with E-state index in [0.29, 0.717) is 0 Å². The molecule has 1 heterocycles. The summed E-state index contributed by atoms with van der Waals surface area (Å²) in [5.74, 6) is -1.74. The van der Waals surface area contributed by atoms with Gasteiger partial charge < -0.3 is 14.8 Å². The number of carbonyl (C=O) groups excluding carboxylic acids is 2. The van der Waals surface area contributed by atoms with Crippen LogP contribution in [0.25, 0.3) is 0 Å². The van der Waals surface area contributed by atoms with Crippen molar-refractivity contribution in [3.8, 4) is 11.9 Å². The predicted octanol–water partition coefficient (Wildman–Crippen LogP) is 1.21. The summed E-state index contributed by atoms with van der Waals surface area (Å²) in [4.78, 5) is 26.4. The standard InChI is InChI=1S/C13H12F3N3O4/c14-13(15,16)8-23-11-3-2-9(6-19-11)12(21)22-7-10(20)18-5-1-4-17/h2-3,6H,1,5,7-8H2,(H,18,20). The maximum Gasteiger partial charge on any atom is 0.422 e. The Labute approximate surface area is 129 Å². The smallest absolute Gasteiger partial charge is 0.422 e. The molecule has 1 amide bonds. The molecule has 0 aliphatic heterocycles. The summed E-state index contributed by atoms with van der Waals surface area (Å²) in [6.45, 7) is -1.90. The number of alkyl halides is 3. The minimum absolute atomic E-state index is 0.0471. The summed E-state index contributed by atoms with van der Waals surface area (Å²) in [5.41, 5.74) is -0.0471. The number of pyridine rings is 1. The van der Waals surface area contributed by atoms with Gasteiger partial charge >= 0.3 is 12.1 Å². The quantitative estimate of drug-likeness (QED) is 0.595. The van der Waals surface area contributed by atoms with Crippen molar-refractivity contribution in [2.24, 2.45) is 0 Å². The van der Waals surface area contributed by atoms with Crippen molar-refractivity contribution in [2.45, 2.75) is 12.6 Å². The van der Waals surface area contributed by atoms with E-state index in [0.717, 1.165) is 18.3 Å². The largest absolute Gasteiger partial charge is 0.468 e. The van der Waals surface area contributed by atoms with Crippen LogP contribution >= 0.6 is 0 Å². The summed E-state index contributed by atoms with van der Waals surface area (Å²) in [7, 11) is 0. The van der Waals surface area contributed by atoms with Crippen LogP contribution in [0, 0.1) is 11.3 Å². The highest BCUT2D eigenvalue weighted by atomic mass is 19.4. The van der Waals surface area contributed by atoms with E-state index in [9.17, 15) is 22.8 Å². The molecule has 0 aliphatic rings. The molecule has 23 heavy (non-hydrogen) atoms. The number of nitrogens with zero attached hydrogens (tertiary/aromatic N) is 2. The molecule has 0 saturated carbocycles. The fourth-order valence-corrected chi connectivity index (χ4v) is 1.27. The lowest BCUT2D eigenvalue weighted by Gasteiger charge is -2.08. The van der Waals surface area contributed by atoms with Crippen LogP contribution in [0.1, 0.15) is 16.8 Å². The van der Waals surface area contributed by atoms with E-state index >= 15 is 0 Å². The molecule has 0 atom stereocenters. The Morgan fingerprint density at radius 1 is 1.35 bits per heavy atom. The average molecular weight is 331 g/mol. The second-order valence-corrected chi connectivity index (χ2v) is 4.12. The highest BCUT2D eigenvalue weighted by Crippen LogP contribution is 2.17. The molecule has 1 N–H and O–H groups in total. The van der Waals surface area contributed by atoms with Crippen LogP contribution in [-0.2, 0) is 9.53 Å². The summed E-state index contributed by atoms with van der Waals surface area (Å²) >= 11 is 0. The highest BCUT2D eigenvalue weighted by Gasteiger charge is 2.28. The predicted molar refractivity (Wildman–Crippen MR) is 69.3 cm³/mol. The Morgan fingerprint density at radius 2 is 2.09 bits per heavy atom. The number of aromatic nitrogens is 1. The fraction of sp³-hybridized carbons (Fsp3) is 0.385. The second-order valence-electron chi connectivity index (χ2n) is 4.12. The van der Waals surface area contributed by atoms with Crippen molar-refractivity contribution < 1.29 is 32.2 Å². The molecule has 0 unspecified atom stereocenters. The van der Waals surface area contributed by atoms with Crippen LogP contribution in [0.3, 0.4) is 0 Å². The SMILES string of the molecule is N#CCCNC(=O)COC(=O)c1ccc(OCC(F)(F)F)nc1. The molecule has 0 fully saturated rings. The average Bonchev–Trinajstić information content (AvgIpc) is 2.50. The number of hydrogen-bond donors (Lipinski definition) is 1. The van der Waals surface area contributed by atoms with E-state index in [1.165, 1.54) is 0 Å². The van der Waals surface area contributed by atoms with Crippen molar-refractivity contribution in [2.75, 3.05) is 19.8 Å². The lowest BCUT2D eigenvalue weighted by Crippen LogP contribution is -2.29. The second kappa shape index (κ2) is 8.57. The highest BCUT2D eigenvalue weighted by molar-refractivity contribution is 5.91. The number of ether oxygens (including phenoxy) is 2. The Kier molecular flexibility index (Phi) is 6.79. The lowest BCUT2D eigenvalue weighted by molar-refractivity contribution is -0.154. The number of hydrogen-bond acceptors (Lipinski definition) is 6. The van der Waals surface area contributed by atoms with Crippen LogP contribution in [0.4, 0.5) is 13.2 Å². The maximum absolute atomic E-state index is 12.0. The molecule has 1 aromatic heterocycles. The summed E-state index contributed by atoms with van der Waals surface area (Å²) in [6.07, 6.45) is -3.39. The third-order valence-electron chi connectivity index (χ3n) is 2.25. The van der Waals surface area contributed by atoms with E-state index in [-0.39, 0.29) is 24.4 Å². The van der Waals surface area contributed by atoms with Crippen LogP contribution in [0.2, 0.25) is 0 Å². The van der Waals surface area contributed by atoms with Crippen LogP contribution in [0.5, 0.6) is 5.88 Å². The van der Waals surface area contributed by atoms with E-state index in [2.05, 4.69) is 19.8 Å². The molecule has 0 spiro atoms. The van der Waals surface area contributed by atoms with Crippen LogP contribution in [-0.4, -0.2) is 42.8 Å². The molecule has 0 aliphatic carbocycles. The lowest BCUT2D eigenvalue weighted by atomic mass is 10.3. The van der Waals surface area contributed by atoms with Gasteiger partial charge in [0, 0.05) is 18.8 Å². The molecular weight excluding hydrogens is 319 g/mol. The van der Waals surface area contributed by atoms with Gasteiger partial charge in [-0.1, -0.05) is 0 Å². The molecule has 0 bridgehead atoms. The van der Waals surface area contributed by atoms with Gasteiger partial charge in [0.2, 0.25) is 5.88 Å². The first-order valence-electron chi connectivity index (χ1n) is 6.28. The molecule has 124 valence electrons. The Hall–Kier alpha value is -2.83. The van der Waals surface area contributed by atoms with Crippen molar-refractivity contribution in [1.82, 2.24) is 10.3 Å². The van der Waals surface area contributed by atoms with E-state index in [4.69, 9.17) is 5.26 Å². The van der Waals surface area contributed by atoms with Gasteiger partial charge in [-0.2, -0.15) is 18.4 Å². The third-order valence-corrected chi connectivity index (χ3v) is 2.25. The van der Waals surface area contributed by atoms with Crippen molar-refractivity contribution in [3.63, 3.8) is 0 Å². The van der Waals surface area contributed by atoms with Crippen molar-refractivity contribution in [1.29, 1.82) is 5.26 Å². The first-order chi connectivity index (χ1) is 10.8. The first-order valence-corrected chi connectivity index (χ1v) is 6.28. The molecule has 1 rings (SSSR count). The van der Waals surface area contributed by atoms with Gasteiger partial charge in [0.05, 0.1) is 18.1 Å². The first kappa shape index (κ1) is 18.2. The van der Waals surface area contributed by atoms with Crippen molar-refractivity contribution >= 4 is 11.9 Å². The number of nitriles is 1. The summed E-state index contributed by atoms with van der Waals surface area (Å²) in [6, 6.07) is 4.07. The van der Waals surface area contributed by atoms with Gasteiger partial charge in [0.25, 0.3) is 5.91 Å². The van der Waals surface area contributed by atoms with Gasteiger partial charge in [0.1, 0.15) is 0 Å². The van der Waals surface area contributed by atoms with E-state index in [1.807, 2.05) is 6.07 Å². The Morgan fingerprint density at radius 3 is 2.65 bits per heavy atom. The molecule has 0 radical (unpaired) electrons. The number of esters is 1. The maximum atomic E-state index is 12.0. The monoisotopic (exact) mass is 331 g/mol. The molecule has 7 nitrogen and oxygen atoms in total. The van der Waals surface area contributed by atoms with Crippen molar-refractivity contribution in [3.05, 3.63) is 23.9 Å². The normalized spacial score (nSPS) is 10.5. The number of nitrogens with one attached hydrogen (secondary N) is 1. The fourth-order valence-electron chi connectivity index (χ4n) is 1.27. The van der Waals surface area contributed by atoms with E-state index < -0.39 is 31.3 Å². The summed E-state index contributed by atoms with van der Waals surface area (Å²) < 4.78 is 44.9. The van der Waals surface area contributed by atoms with Gasteiger partial charge in [0.15, 0.2) is 13.2 Å². The minimum Gasteiger partial charge on any atom is -0.468 e. The number of rotatable bonds is 7. The van der Waals surface area contributed by atoms with Gasteiger partial charge in [-0.3, -0.25) is 4.79 Å². The van der Waals surface area contributed by atoms with Gasteiger partial charge in [-0.25, -0.2) is 9.78 Å². The van der Waals surface area contributed by atoms with E-state index in [1.54, 1.807) is 0 Å². The van der Waals surface area contributed by atoms with Crippen LogP contribution in [0.15, 0.2) is 18.3 Å². The zero-order chi connectivity index (χ0) is 17.3. The minimum atomic E-state index is -4.49. The number of carbonyl (C=O) groups is 2. The third kappa shape index (κ3) is 7.66. The molecule has 0 aromatic carbocycles. The number of amides is 1. The zero-order valence-electron chi connectivity index (χ0n) is 11.7. The molecule has 0 saturated heterocycles. The van der Waals surface area contributed by atoms with Gasteiger partial charge in [-0.15, -0.1) is 0 Å². The Bertz CT molecular complexity index is 582. The number of halogens is 3. The topological polar surface area (TPSA) is 101 Å².